The lowest BCUT2D eigenvalue weighted by Crippen LogP contribution is -2.40. The third-order valence-electron chi connectivity index (χ3n) is 3.56. The van der Waals surface area contributed by atoms with Gasteiger partial charge in [0.05, 0.1) is 17.6 Å². The molecule has 0 aromatic heterocycles. The predicted molar refractivity (Wildman–Crippen MR) is 105 cm³/mol. The summed E-state index contributed by atoms with van der Waals surface area (Å²) in [5.41, 5.74) is 1.03. The fourth-order valence-electron chi connectivity index (χ4n) is 2.33. The first-order chi connectivity index (χ1) is 12.4. The minimum Gasteiger partial charge on any atom is -0.354 e. The zero-order chi connectivity index (χ0) is 19.0. The van der Waals surface area contributed by atoms with E-state index in [9.17, 15) is 8.42 Å². The van der Waals surface area contributed by atoms with E-state index in [4.69, 9.17) is 9.47 Å². The Balaban J connectivity index is 2.09. The molecule has 0 saturated heterocycles. The highest BCUT2D eigenvalue weighted by atomic mass is 79.9. The molecule has 5 nitrogen and oxygen atoms in total. The normalized spacial score (nSPS) is 13.1. The number of halogens is 1. The van der Waals surface area contributed by atoms with Crippen molar-refractivity contribution in [1.82, 2.24) is 4.72 Å². The zero-order valence-corrected chi connectivity index (χ0v) is 17.3. The van der Waals surface area contributed by atoms with Crippen molar-refractivity contribution in [3.63, 3.8) is 0 Å². The average molecular weight is 442 g/mol. The van der Waals surface area contributed by atoms with Crippen LogP contribution in [0.5, 0.6) is 0 Å². The molecule has 0 spiro atoms. The van der Waals surface area contributed by atoms with Gasteiger partial charge in [-0.15, -0.1) is 0 Å². The van der Waals surface area contributed by atoms with Crippen LogP contribution in [0.3, 0.4) is 0 Å². The van der Waals surface area contributed by atoms with Gasteiger partial charge in [-0.25, -0.2) is 13.1 Å². The van der Waals surface area contributed by atoms with Gasteiger partial charge in [0.25, 0.3) is 0 Å². The summed E-state index contributed by atoms with van der Waals surface area (Å²) in [5.74, 6) is 0. The number of ether oxygens (including phenoxy) is 2. The van der Waals surface area contributed by atoms with Gasteiger partial charge in [-0.2, -0.15) is 0 Å². The van der Waals surface area contributed by atoms with Crippen LogP contribution in [-0.4, -0.2) is 34.0 Å². The van der Waals surface area contributed by atoms with Crippen LogP contribution < -0.4 is 4.72 Å². The number of rotatable bonds is 10. The molecule has 2 aromatic rings. The first kappa shape index (κ1) is 21.1. The highest BCUT2D eigenvalue weighted by molar-refractivity contribution is 9.10. The third kappa shape index (κ3) is 7.17. The van der Waals surface area contributed by atoms with E-state index in [2.05, 4.69) is 20.7 Å². The molecule has 0 amide bonds. The van der Waals surface area contributed by atoms with Crippen LogP contribution in [0.25, 0.3) is 0 Å². The Morgan fingerprint density at radius 1 is 1.08 bits per heavy atom. The zero-order valence-electron chi connectivity index (χ0n) is 14.9. The highest BCUT2D eigenvalue weighted by Crippen LogP contribution is 2.17. The summed E-state index contributed by atoms with van der Waals surface area (Å²) in [7, 11) is -3.66. The van der Waals surface area contributed by atoms with E-state index < -0.39 is 16.1 Å². The van der Waals surface area contributed by atoms with Crippen LogP contribution in [-0.2, 0) is 25.9 Å². The maximum Gasteiger partial charge on any atom is 0.240 e. The predicted octanol–water partition coefficient (Wildman–Crippen LogP) is 3.74. The number of nitrogens with one attached hydrogen (secondary N) is 1. The lowest BCUT2D eigenvalue weighted by atomic mass is 10.1. The van der Waals surface area contributed by atoms with Crippen LogP contribution in [0.4, 0.5) is 0 Å². The van der Waals surface area contributed by atoms with E-state index >= 15 is 0 Å². The Labute approximate surface area is 163 Å². The van der Waals surface area contributed by atoms with E-state index in [0.29, 0.717) is 10.9 Å². The van der Waals surface area contributed by atoms with E-state index in [0.717, 1.165) is 5.56 Å². The first-order valence-corrected chi connectivity index (χ1v) is 10.7. The molecule has 0 fully saturated rings. The smallest absolute Gasteiger partial charge is 0.240 e. The number of sulfonamides is 1. The Kier molecular flexibility index (Phi) is 8.24. The Morgan fingerprint density at radius 3 is 2.46 bits per heavy atom. The Hall–Kier alpha value is -1.25. The molecule has 26 heavy (non-hydrogen) atoms. The standard InChI is InChI=1S/C19H24BrNO4S/c1-15(2)25-14-24-13-18(11-16-7-4-3-5-8-16)21-26(22,23)19-10-6-9-17(20)12-19/h3-10,12,15,18,21H,11,13-14H2,1-2H3/t18-/m0/s1. The van der Waals surface area contributed by atoms with Gasteiger partial charge >= 0.3 is 0 Å². The molecule has 0 heterocycles. The minimum atomic E-state index is -3.66. The van der Waals surface area contributed by atoms with Gasteiger partial charge in [0.1, 0.15) is 6.79 Å². The molecule has 7 heteroatoms. The van der Waals surface area contributed by atoms with Gasteiger partial charge in [-0.1, -0.05) is 52.3 Å². The van der Waals surface area contributed by atoms with Gasteiger partial charge in [0, 0.05) is 10.5 Å². The van der Waals surface area contributed by atoms with Crippen molar-refractivity contribution in [3.8, 4) is 0 Å². The monoisotopic (exact) mass is 441 g/mol. The van der Waals surface area contributed by atoms with E-state index in [1.807, 2.05) is 44.2 Å². The van der Waals surface area contributed by atoms with Crippen molar-refractivity contribution in [2.45, 2.75) is 37.3 Å². The van der Waals surface area contributed by atoms with Crippen LogP contribution in [0, 0.1) is 0 Å². The molecular weight excluding hydrogens is 418 g/mol. The number of benzene rings is 2. The van der Waals surface area contributed by atoms with Crippen LogP contribution in [0.2, 0.25) is 0 Å². The molecule has 0 bridgehead atoms. The fraction of sp³-hybridized carbons (Fsp3) is 0.368. The molecule has 142 valence electrons. The second-order valence-electron chi connectivity index (χ2n) is 6.17. The third-order valence-corrected chi connectivity index (χ3v) is 5.57. The van der Waals surface area contributed by atoms with Crippen molar-refractivity contribution in [2.24, 2.45) is 0 Å². The Morgan fingerprint density at radius 2 is 1.81 bits per heavy atom. The van der Waals surface area contributed by atoms with E-state index in [-0.39, 0.29) is 24.4 Å². The maximum absolute atomic E-state index is 12.7. The summed E-state index contributed by atoms with van der Waals surface area (Å²) < 4.78 is 39.8. The van der Waals surface area contributed by atoms with Gasteiger partial charge in [0.2, 0.25) is 10.0 Å². The second kappa shape index (κ2) is 10.2. The maximum atomic E-state index is 12.7. The van der Waals surface area contributed by atoms with Crippen molar-refractivity contribution in [2.75, 3.05) is 13.4 Å². The average Bonchev–Trinajstić information content (AvgIpc) is 2.59. The van der Waals surface area contributed by atoms with Gasteiger partial charge < -0.3 is 9.47 Å². The van der Waals surface area contributed by atoms with Crippen molar-refractivity contribution in [1.29, 1.82) is 0 Å². The van der Waals surface area contributed by atoms with Gasteiger partial charge in [-0.3, -0.25) is 0 Å². The van der Waals surface area contributed by atoms with E-state index in [1.54, 1.807) is 24.3 Å². The first-order valence-electron chi connectivity index (χ1n) is 8.38. The lowest BCUT2D eigenvalue weighted by molar-refractivity contribution is -0.0821. The van der Waals surface area contributed by atoms with Gasteiger partial charge in [0.15, 0.2) is 0 Å². The lowest BCUT2D eigenvalue weighted by Gasteiger charge is -2.20. The van der Waals surface area contributed by atoms with Crippen molar-refractivity contribution < 1.29 is 17.9 Å². The molecule has 0 aliphatic carbocycles. The molecule has 0 unspecified atom stereocenters. The summed E-state index contributed by atoms with van der Waals surface area (Å²) >= 11 is 3.31. The van der Waals surface area contributed by atoms with Crippen LogP contribution >= 0.6 is 15.9 Å². The molecule has 2 rings (SSSR count). The van der Waals surface area contributed by atoms with Crippen LogP contribution in [0.1, 0.15) is 19.4 Å². The highest BCUT2D eigenvalue weighted by Gasteiger charge is 2.21. The van der Waals surface area contributed by atoms with E-state index in [1.165, 1.54) is 0 Å². The minimum absolute atomic E-state index is 0.0564. The molecular formula is C19H24BrNO4S. The Bertz CT molecular complexity index is 781. The van der Waals surface area contributed by atoms with Gasteiger partial charge in [-0.05, 0) is 44.0 Å². The topological polar surface area (TPSA) is 64.6 Å². The fourth-order valence-corrected chi connectivity index (χ4v) is 4.15. The molecule has 1 N–H and O–H groups in total. The SMILES string of the molecule is CC(C)OCOC[C@H](Cc1ccccc1)NS(=O)(=O)c1cccc(Br)c1. The molecule has 0 saturated carbocycles. The van der Waals surface area contributed by atoms with Crippen LogP contribution in [0.15, 0.2) is 64.0 Å². The molecule has 0 radical (unpaired) electrons. The quantitative estimate of drug-likeness (QED) is 0.450. The summed E-state index contributed by atoms with van der Waals surface area (Å²) in [6, 6.07) is 15.9. The summed E-state index contributed by atoms with van der Waals surface area (Å²) in [5, 5.41) is 0. The molecule has 0 aliphatic heterocycles. The second-order valence-corrected chi connectivity index (χ2v) is 8.80. The number of hydrogen-bond donors (Lipinski definition) is 1. The molecule has 1 atom stereocenters. The molecule has 2 aromatic carbocycles. The summed E-state index contributed by atoms with van der Waals surface area (Å²) in [6.07, 6.45) is 0.580. The van der Waals surface area contributed by atoms with Crippen molar-refractivity contribution >= 4 is 26.0 Å². The van der Waals surface area contributed by atoms with Crippen molar-refractivity contribution in [3.05, 3.63) is 64.6 Å². The summed E-state index contributed by atoms with van der Waals surface area (Å²) in [4.78, 5) is 0.211. The summed E-state index contributed by atoms with van der Waals surface area (Å²) in [6.45, 7) is 4.18. The molecule has 0 aliphatic rings. The number of hydrogen-bond acceptors (Lipinski definition) is 4. The largest absolute Gasteiger partial charge is 0.354 e.